The highest BCUT2D eigenvalue weighted by Gasteiger charge is 2.15. The highest BCUT2D eigenvalue weighted by atomic mass is 14.9. The van der Waals surface area contributed by atoms with Crippen LogP contribution in [0.2, 0.25) is 0 Å². The molecular formula is C16H25N. The van der Waals surface area contributed by atoms with Gasteiger partial charge in [-0.2, -0.15) is 0 Å². The van der Waals surface area contributed by atoms with Gasteiger partial charge in [-0.1, -0.05) is 19.1 Å². The summed E-state index contributed by atoms with van der Waals surface area (Å²) in [5, 5.41) is 3.52. The largest absolute Gasteiger partial charge is 0.316 e. The fraction of sp³-hybridized carbons (Fsp3) is 0.625. The fourth-order valence-corrected chi connectivity index (χ4v) is 2.84. The molecular weight excluding hydrogens is 206 g/mol. The lowest BCUT2D eigenvalue weighted by molar-refractivity contribution is 0.375. The van der Waals surface area contributed by atoms with Crippen LogP contribution in [0.3, 0.4) is 0 Å². The Bertz CT molecular complexity index is 375. The molecule has 17 heavy (non-hydrogen) atoms. The SMILES string of the molecule is CCc1cc(C)c(C)c(CC2CCCNC2)c1. The summed E-state index contributed by atoms with van der Waals surface area (Å²) in [7, 11) is 0. The van der Waals surface area contributed by atoms with Gasteiger partial charge in [0, 0.05) is 0 Å². The molecule has 2 rings (SSSR count). The molecule has 1 fully saturated rings. The van der Waals surface area contributed by atoms with E-state index in [-0.39, 0.29) is 0 Å². The second kappa shape index (κ2) is 5.68. The Morgan fingerprint density at radius 2 is 2.12 bits per heavy atom. The summed E-state index contributed by atoms with van der Waals surface area (Å²) in [6.45, 7) is 9.19. The van der Waals surface area contributed by atoms with E-state index in [2.05, 4.69) is 38.2 Å². The molecule has 0 radical (unpaired) electrons. The zero-order chi connectivity index (χ0) is 12.3. The number of piperidine rings is 1. The second-order valence-electron chi connectivity index (χ2n) is 5.47. The van der Waals surface area contributed by atoms with Crippen LogP contribution in [-0.2, 0) is 12.8 Å². The minimum Gasteiger partial charge on any atom is -0.316 e. The number of nitrogens with one attached hydrogen (secondary N) is 1. The van der Waals surface area contributed by atoms with Gasteiger partial charge in [0.1, 0.15) is 0 Å². The van der Waals surface area contributed by atoms with Crippen LogP contribution >= 0.6 is 0 Å². The van der Waals surface area contributed by atoms with Crippen LogP contribution in [-0.4, -0.2) is 13.1 Å². The smallest absolute Gasteiger partial charge is 0.00173 e. The molecule has 1 saturated heterocycles. The molecule has 94 valence electrons. The number of rotatable bonds is 3. The molecule has 1 nitrogen and oxygen atoms in total. The number of aryl methyl sites for hydroxylation is 2. The number of benzene rings is 1. The normalized spacial score (nSPS) is 20.5. The van der Waals surface area contributed by atoms with E-state index in [4.69, 9.17) is 0 Å². The minimum atomic E-state index is 0.842. The molecule has 1 aromatic rings. The van der Waals surface area contributed by atoms with Crippen molar-refractivity contribution < 1.29 is 0 Å². The van der Waals surface area contributed by atoms with E-state index in [0.717, 1.165) is 12.3 Å². The molecule has 1 aliphatic heterocycles. The van der Waals surface area contributed by atoms with Crippen molar-refractivity contribution in [3.8, 4) is 0 Å². The summed E-state index contributed by atoms with van der Waals surface area (Å²) in [5.41, 5.74) is 6.04. The molecule has 0 spiro atoms. The molecule has 1 N–H and O–H groups in total. The Hall–Kier alpha value is -0.820. The third-order valence-electron chi connectivity index (χ3n) is 4.15. The fourth-order valence-electron chi connectivity index (χ4n) is 2.84. The zero-order valence-electron chi connectivity index (χ0n) is 11.5. The van der Waals surface area contributed by atoms with E-state index in [0.29, 0.717) is 0 Å². The van der Waals surface area contributed by atoms with Gasteiger partial charge in [-0.25, -0.2) is 0 Å². The monoisotopic (exact) mass is 231 g/mol. The van der Waals surface area contributed by atoms with E-state index in [1.807, 2.05) is 0 Å². The first-order valence-electron chi connectivity index (χ1n) is 7.00. The molecule has 1 heteroatoms. The van der Waals surface area contributed by atoms with Crippen LogP contribution in [0, 0.1) is 19.8 Å². The van der Waals surface area contributed by atoms with Crippen LogP contribution in [0.25, 0.3) is 0 Å². The number of hydrogen-bond acceptors (Lipinski definition) is 1. The molecule has 0 amide bonds. The molecule has 1 atom stereocenters. The quantitative estimate of drug-likeness (QED) is 0.840. The second-order valence-corrected chi connectivity index (χ2v) is 5.47. The van der Waals surface area contributed by atoms with Crippen molar-refractivity contribution in [3.05, 3.63) is 34.4 Å². The first-order chi connectivity index (χ1) is 8.20. The maximum Gasteiger partial charge on any atom is -0.00173 e. The van der Waals surface area contributed by atoms with Gasteiger partial charge in [-0.05, 0) is 80.8 Å². The summed E-state index contributed by atoms with van der Waals surface area (Å²) in [6, 6.07) is 4.77. The van der Waals surface area contributed by atoms with E-state index >= 15 is 0 Å². The highest BCUT2D eigenvalue weighted by Crippen LogP contribution is 2.22. The van der Waals surface area contributed by atoms with Gasteiger partial charge in [0.2, 0.25) is 0 Å². The molecule has 1 aliphatic rings. The lowest BCUT2D eigenvalue weighted by Crippen LogP contribution is -2.31. The summed E-state index contributed by atoms with van der Waals surface area (Å²) in [5.74, 6) is 0.842. The molecule has 1 aromatic carbocycles. The maximum atomic E-state index is 3.52. The Balaban J connectivity index is 2.15. The van der Waals surface area contributed by atoms with Crippen LogP contribution in [0.1, 0.15) is 42.0 Å². The first kappa shape index (κ1) is 12.6. The van der Waals surface area contributed by atoms with E-state index < -0.39 is 0 Å². The van der Waals surface area contributed by atoms with Crippen LogP contribution < -0.4 is 5.32 Å². The van der Waals surface area contributed by atoms with E-state index in [1.165, 1.54) is 49.0 Å². The van der Waals surface area contributed by atoms with Gasteiger partial charge in [0.25, 0.3) is 0 Å². The third kappa shape index (κ3) is 3.10. The van der Waals surface area contributed by atoms with Crippen molar-refractivity contribution in [2.24, 2.45) is 5.92 Å². The van der Waals surface area contributed by atoms with Gasteiger partial charge in [0.05, 0.1) is 0 Å². The standard InChI is InChI=1S/C16H25N/c1-4-14-8-12(2)13(3)16(9-14)10-15-6-5-7-17-11-15/h8-9,15,17H,4-7,10-11H2,1-3H3. The molecule has 0 bridgehead atoms. The average molecular weight is 231 g/mol. The van der Waals surface area contributed by atoms with Crippen molar-refractivity contribution in [1.82, 2.24) is 5.32 Å². The molecule has 0 aliphatic carbocycles. The van der Waals surface area contributed by atoms with Crippen LogP contribution in [0.15, 0.2) is 12.1 Å². The predicted octanol–water partition coefficient (Wildman–Crippen LogP) is 3.41. The van der Waals surface area contributed by atoms with Crippen molar-refractivity contribution >= 4 is 0 Å². The molecule has 0 aromatic heterocycles. The Morgan fingerprint density at radius 1 is 1.29 bits per heavy atom. The van der Waals surface area contributed by atoms with Gasteiger partial charge in [0.15, 0.2) is 0 Å². The topological polar surface area (TPSA) is 12.0 Å². The van der Waals surface area contributed by atoms with Crippen molar-refractivity contribution in [2.75, 3.05) is 13.1 Å². The van der Waals surface area contributed by atoms with Gasteiger partial charge >= 0.3 is 0 Å². The minimum absolute atomic E-state index is 0.842. The zero-order valence-corrected chi connectivity index (χ0v) is 11.5. The van der Waals surface area contributed by atoms with Gasteiger partial charge in [-0.3, -0.25) is 0 Å². The van der Waals surface area contributed by atoms with Crippen LogP contribution in [0.4, 0.5) is 0 Å². The third-order valence-corrected chi connectivity index (χ3v) is 4.15. The summed E-state index contributed by atoms with van der Waals surface area (Å²) in [4.78, 5) is 0. The Labute approximate surface area is 106 Å². The van der Waals surface area contributed by atoms with Crippen LogP contribution in [0.5, 0.6) is 0 Å². The molecule has 1 heterocycles. The molecule has 0 saturated carbocycles. The van der Waals surface area contributed by atoms with Gasteiger partial charge in [-0.15, -0.1) is 0 Å². The first-order valence-corrected chi connectivity index (χ1v) is 7.00. The lowest BCUT2D eigenvalue weighted by atomic mass is 9.88. The summed E-state index contributed by atoms with van der Waals surface area (Å²) >= 11 is 0. The molecule has 1 unspecified atom stereocenters. The Morgan fingerprint density at radius 3 is 2.76 bits per heavy atom. The Kier molecular flexibility index (Phi) is 4.22. The predicted molar refractivity (Wildman–Crippen MR) is 74.6 cm³/mol. The van der Waals surface area contributed by atoms with Crippen molar-refractivity contribution in [2.45, 2.75) is 46.5 Å². The highest BCUT2D eigenvalue weighted by molar-refractivity contribution is 5.38. The lowest BCUT2D eigenvalue weighted by Gasteiger charge is -2.24. The van der Waals surface area contributed by atoms with Gasteiger partial charge < -0.3 is 5.32 Å². The van der Waals surface area contributed by atoms with E-state index in [9.17, 15) is 0 Å². The average Bonchev–Trinajstić information content (AvgIpc) is 2.36. The van der Waals surface area contributed by atoms with Crippen molar-refractivity contribution in [3.63, 3.8) is 0 Å². The van der Waals surface area contributed by atoms with Crippen molar-refractivity contribution in [1.29, 1.82) is 0 Å². The summed E-state index contributed by atoms with van der Waals surface area (Å²) in [6.07, 6.45) is 5.14. The summed E-state index contributed by atoms with van der Waals surface area (Å²) < 4.78 is 0. The number of hydrogen-bond donors (Lipinski definition) is 1. The maximum absolute atomic E-state index is 3.52. The van der Waals surface area contributed by atoms with E-state index in [1.54, 1.807) is 5.56 Å².